The summed E-state index contributed by atoms with van der Waals surface area (Å²) in [6.07, 6.45) is -1.02. The third-order valence-corrected chi connectivity index (χ3v) is 7.18. The number of carbonyl (C=O) groups excluding carboxylic acids is 5. The third kappa shape index (κ3) is 11.5. The minimum absolute atomic E-state index is 0.0114. The molecule has 2 unspecified atom stereocenters. The van der Waals surface area contributed by atoms with Gasteiger partial charge in [-0.3, -0.25) is 14.4 Å². The van der Waals surface area contributed by atoms with E-state index in [-0.39, 0.29) is 25.4 Å². The summed E-state index contributed by atoms with van der Waals surface area (Å²) >= 11 is 0. The maximum Gasteiger partial charge on any atom is 0.408 e. The second-order valence-corrected chi connectivity index (χ2v) is 12.0. The van der Waals surface area contributed by atoms with Crippen LogP contribution in [0.2, 0.25) is 0 Å². The summed E-state index contributed by atoms with van der Waals surface area (Å²) < 4.78 is 16.3. The van der Waals surface area contributed by atoms with Gasteiger partial charge in [0.1, 0.15) is 24.7 Å². The molecule has 0 aliphatic carbocycles. The zero-order valence-electron chi connectivity index (χ0n) is 26.5. The highest BCUT2D eigenvalue weighted by atomic mass is 16.6. The van der Waals surface area contributed by atoms with Gasteiger partial charge in [0.25, 0.3) is 0 Å². The lowest BCUT2D eigenvalue weighted by molar-refractivity contribution is -0.146. The van der Waals surface area contributed by atoms with Gasteiger partial charge in [-0.05, 0) is 51.7 Å². The molecule has 12 heteroatoms. The summed E-state index contributed by atoms with van der Waals surface area (Å²) in [5, 5.41) is 10.7. The molecule has 0 spiro atoms. The number of amides is 4. The molecule has 0 aromatic heterocycles. The largest absolute Gasteiger partial charge is 0.467 e. The third-order valence-electron chi connectivity index (χ3n) is 7.18. The van der Waals surface area contributed by atoms with Crippen LogP contribution in [0.4, 0.5) is 4.79 Å². The molecule has 2 aromatic rings. The lowest BCUT2D eigenvalue weighted by Gasteiger charge is -2.31. The summed E-state index contributed by atoms with van der Waals surface area (Å²) in [4.78, 5) is 65.1. The summed E-state index contributed by atoms with van der Waals surface area (Å²) in [6, 6.07) is 14.6. The van der Waals surface area contributed by atoms with Crippen LogP contribution in [0, 0.1) is 5.92 Å². The standard InChI is InChI=1S/C33H44N4O8/c1-21(45-33(2,3)4)27(37-32(42)44-20-23-14-10-7-11-15-23)30(40)35-25(18-22-12-8-6-9-13-22)29(39)36-26(31(41)43-5)19-24-16-17-34-28(24)38/h6-15,21,24-27H,16-20H2,1-5H3,(H,34,38)(H,35,40)(H,36,39)(H,37,42)/t21?,24-,25-,26-,27?/m0/s1. The molecule has 12 nitrogen and oxygen atoms in total. The van der Waals surface area contributed by atoms with Crippen molar-refractivity contribution in [1.29, 1.82) is 0 Å². The summed E-state index contributed by atoms with van der Waals surface area (Å²) in [7, 11) is 1.20. The molecular formula is C33H44N4O8. The van der Waals surface area contributed by atoms with Crippen LogP contribution in [-0.2, 0) is 46.4 Å². The van der Waals surface area contributed by atoms with E-state index in [2.05, 4.69) is 21.3 Å². The lowest BCUT2D eigenvalue weighted by Crippen LogP contribution is -2.59. The van der Waals surface area contributed by atoms with Crippen LogP contribution >= 0.6 is 0 Å². The van der Waals surface area contributed by atoms with E-state index in [1.54, 1.807) is 43.3 Å². The summed E-state index contributed by atoms with van der Waals surface area (Å²) in [5.74, 6) is -2.73. The Bertz CT molecular complexity index is 1300. The van der Waals surface area contributed by atoms with Crippen LogP contribution < -0.4 is 21.3 Å². The smallest absolute Gasteiger partial charge is 0.408 e. The minimum Gasteiger partial charge on any atom is -0.467 e. The van der Waals surface area contributed by atoms with Crippen LogP contribution in [0.25, 0.3) is 0 Å². The Morgan fingerprint density at radius 2 is 1.49 bits per heavy atom. The normalized spacial score (nSPS) is 17.2. The molecule has 45 heavy (non-hydrogen) atoms. The molecule has 3 rings (SSSR count). The molecule has 1 fully saturated rings. The number of hydrogen-bond donors (Lipinski definition) is 4. The second-order valence-electron chi connectivity index (χ2n) is 12.0. The Morgan fingerprint density at radius 3 is 2.04 bits per heavy atom. The van der Waals surface area contributed by atoms with Gasteiger partial charge < -0.3 is 35.5 Å². The monoisotopic (exact) mass is 624 g/mol. The lowest BCUT2D eigenvalue weighted by atomic mass is 9.97. The molecule has 1 heterocycles. The van der Waals surface area contributed by atoms with Gasteiger partial charge in [-0.2, -0.15) is 0 Å². The fraction of sp³-hybridized carbons (Fsp3) is 0.485. The van der Waals surface area contributed by atoms with Gasteiger partial charge in [-0.25, -0.2) is 9.59 Å². The SMILES string of the molecule is COC(=O)[C@H](C[C@@H]1CCNC1=O)NC(=O)[C@H](Cc1ccccc1)NC(=O)C(NC(=O)OCc1ccccc1)C(C)OC(C)(C)C. The van der Waals surface area contributed by atoms with Crippen LogP contribution in [-0.4, -0.2) is 73.3 Å². The maximum absolute atomic E-state index is 13.8. The van der Waals surface area contributed by atoms with E-state index in [4.69, 9.17) is 14.2 Å². The number of alkyl carbamates (subject to hydrolysis) is 1. The first kappa shape index (κ1) is 35.0. The van der Waals surface area contributed by atoms with E-state index in [0.29, 0.717) is 13.0 Å². The zero-order chi connectivity index (χ0) is 33.0. The first-order valence-corrected chi connectivity index (χ1v) is 15.0. The topological polar surface area (TPSA) is 161 Å². The van der Waals surface area contributed by atoms with Crippen LogP contribution in [0.3, 0.4) is 0 Å². The van der Waals surface area contributed by atoms with Gasteiger partial charge in [0.15, 0.2) is 0 Å². The van der Waals surface area contributed by atoms with Crippen molar-refractivity contribution in [1.82, 2.24) is 21.3 Å². The molecule has 1 saturated heterocycles. The quantitative estimate of drug-likeness (QED) is 0.233. The second kappa shape index (κ2) is 16.6. The number of carbonyl (C=O) groups is 5. The van der Waals surface area contributed by atoms with Crippen molar-refractivity contribution in [3.05, 3.63) is 71.8 Å². The number of ether oxygens (including phenoxy) is 3. The Labute approximate surface area is 263 Å². The van der Waals surface area contributed by atoms with E-state index in [1.165, 1.54) is 7.11 Å². The molecule has 0 bridgehead atoms. The number of rotatable bonds is 14. The van der Waals surface area contributed by atoms with E-state index in [9.17, 15) is 24.0 Å². The maximum atomic E-state index is 13.8. The fourth-order valence-corrected chi connectivity index (χ4v) is 5.02. The van der Waals surface area contributed by atoms with Crippen molar-refractivity contribution in [2.24, 2.45) is 5.92 Å². The molecule has 1 aliphatic rings. The summed E-state index contributed by atoms with van der Waals surface area (Å²) in [5.41, 5.74) is 0.852. The molecule has 244 valence electrons. The van der Waals surface area contributed by atoms with E-state index in [1.807, 2.05) is 45.0 Å². The number of hydrogen-bond acceptors (Lipinski definition) is 8. The Morgan fingerprint density at radius 1 is 0.889 bits per heavy atom. The Kier molecular flexibility index (Phi) is 12.9. The number of methoxy groups -OCH3 is 1. The molecule has 0 saturated carbocycles. The molecule has 2 aromatic carbocycles. The molecule has 1 aliphatic heterocycles. The van der Waals surface area contributed by atoms with Gasteiger partial charge in [0.05, 0.1) is 18.8 Å². The minimum atomic E-state index is -1.24. The Hall–Kier alpha value is -4.45. The van der Waals surface area contributed by atoms with Gasteiger partial charge >= 0.3 is 12.1 Å². The highest BCUT2D eigenvalue weighted by molar-refractivity contribution is 5.93. The van der Waals surface area contributed by atoms with Crippen LogP contribution in [0.1, 0.15) is 51.7 Å². The van der Waals surface area contributed by atoms with Gasteiger partial charge in [0, 0.05) is 18.9 Å². The molecule has 5 atom stereocenters. The average molecular weight is 625 g/mol. The van der Waals surface area contributed by atoms with Crippen LogP contribution in [0.15, 0.2) is 60.7 Å². The van der Waals surface area contributed by atoms with Crippen molar-refractivity contribution in [2.45, 2.75) is 83.4 Å². The van der Waals surface area contributed by atoms with E-state index < -0.39 is 59.6 Å². The van der Waals surface area contributed by atoms with Gasteiger partial charge in [-0.1, -0.05) is 60.7 Å². The summed E-state index contributed by atoms with van der Waals surface area (Å²) in [6.45, 7) is 7.55. The van der Waals surface area contributed by atoms with Crippen molar-refractivity contribution in [2.75, 3.05) is 13.7 Å². The van der Waals surface area contributed by atoms with Gasteiger partial charge in [0.2, 0.25) is 17.7 Å². The molecule has 0 radical (unpaired) electrons. The predicted octanol–water partition coefficient (Wildman–Crippen LogP) is 2.40. The number of nitrogens with one attached hydrogen (secondary N) is 4. The van der Waals surface area contributed by atoms with Crippen LogP contribution in [0.5, 0.6) is 0 Å². The predicted molar refractivity (Wildman–Crippen MR) is 166 cm³/mol. The zero-order valence-corrected chi connectivity index (χ0v) is 26.5. The molecular weight excluding hydrogens is 580 g/mol. The van der Waals surface area contributed by atoms with Crippen molar-refractivity contribution >= 4 is 29.8 Å². The van der Waals surface area contributed by atoms with Gasteiger partial charge in [-0.15, -0.1) is 0 Å². The highest BCUT2D eigenvalue weighted by Crippen LogP contribution is 2.18. The average Bonchev–Trinajstić information content (AvgIpc) is 3.41. The molecule has 4 N–H and O–H groups in total. The first-order chi connectivity index (χ1) is 21.4. The van der Waals surface area contributed by atoms with E-state index >= 15 is 0 Å². The number of esters is 1. The fourth-order valence-electron chi connectivity index (χ4n) is 5.02. The van der Waals surface area contributed by atoms with E-state index in [0.717, 1.165) is 11.1 Å². The Balaban J connectivity index is 1.81. The van der Waals surface area contributed by atoms with Crippen molar-refractivity contribution in [3.63, 3.8) is 0 Å². The highest BCUT2D eigenvalue weighted by Gasteiger charge is 2.36. The number of benzene rings is 2. The van der Waals surface area contributed by atoms with Crippen molar-refractivity contribution < 1.29 is 38.2 Å². The van der Waals surface area contributed by atoms with Crippen molar-refractivity contribution in [3.8, 4) is 0 Å². The molecule has 4 amide bonds. The first-order valence-electron chi connectivity index (χ1n) is 15.0.